The van der Waals surface area contributed by atoms with E-state index in [2.05, 4.69) is 47.9 Å². The van der Waals surface area contributed by atoms with Crippen LogP contribution in [-0.2, 0) is 16.0 Å². The average molecular weight is 558 g/mol. The van der Waals surface area contributed by atoms with Crippen molar-refractivity contribution in [3.8, 4) is 6.07 Å². The fourth-order valence-corrected chi connectivity index (χ4v) is 3.85. The lowest BCUT2D eigenvalue weighted by Crippen LogP contribution is -2.30. The van der Waals surface area contributed by atoms with Gasteiger partial charge in [0.15, 0.2) is 6.29 Å². The van der Waals surface area contributed by atoms with Gasteiger partial charge >= 0.3 is 0 Å². The molecular formula is C24H28BrN7O4. The molecule has 0 radical (unpaired) electrons. The highest BCUT2D eigenvalue weighted by atomic mass is 79.9. The Bertz CT molecular complexity index is 1240. The van der Waals surface area contributed by atoms with E-state index in [4.69, 9.17) is 9.47 Å². The summed E-state index contributed by atoms with van der Waals surface area (Å²) in [5.41, 5.74) is 2.59. The van der Waals surface area contributed by atoms with E-state index in [0.717, 1.165) is 31.8 Å². The number of pyridine rings is 2. The van der Waals surface area contributed by atoms with Gasteiger partial charge in [0.1, 0.15) is 23.1 Å². The molecule has 4 rings (SSSR count). The van der Waals surface area contributed by atoms with Gasteiger partial charge in [-0.2, -0.15) is 5.26 Å². The highest BCUT2D eigenvalue weighted by molar-refractivity contribution is 9.10. The first kappa shape index (κ1) is 27.2. The number of fused-ring (bicyclic) bond motifs is 1. The monoisotopic (exact) mass is 557 g/mol. The number of rotatable bonds is 8. The number of anilines is 2. The van der Waals surface area contributed by atoms with Gasteiger partial charge in [0.05, 0.1) is 42.2 Å². The maximum absolute atomic E-state index is 13.0. The van der Waals surface area contributed by atoms with E-state index in [1.54, 1.807) is 25.4 Å². The summed E-state index contributed by atoms with van der Waals surface area (Å²) in [5, 5.41) is 18.2. The zero-order valence-corrected chi connectivity index (χ0v) is 21.7. The van der Waals surface area contributed by atoms with Crippen LogP contribution in [0.3, 0.4) is 0 Å². The second-order valence-corrected chi connectivity index (χ2v) is 8.49. The van der Waals surface area contributed by atoms with Gasteiger partial charge in [-0.05, 0) is 28.9 Å². The van der Waals surface area contributed by atoms with Crippen molar-refractivity contribution in [2.75, 3.05) is 57.2 Å². The summed E-state index contributed by atoms with van der Waals surface area (Å²) in [6, 6.07) is 5.42. The van der Waals surface area contributed by atoms with Crippen LogP contribution in [0, 0.1) is 11.3 Å². The maximum atomic E-state index is 13.0. The Kier molecular flexibility index (Phi) is 10.3. The SMILES string of the molecule is C1COCCN1.CCn1cc(C(=O)Nc2cc(NCCOC)c(C#N)cn2)c2nc(C=O)c(Br)cc21. The van der Waals surface area contributed by atoms with Crippen molar-refractivity contribution in [1.29, 1.82) is 5.26 Å². The maximum Gasteiger partial charge on any atom is 0.260 e. The van der Waals surface area contributed by atoms with Crippen LogP contribution >= 0.6 is 15.9 Å². The molecule has 3 aromatic rings. The third-order valence-electron chi connectivity index (χ3n) is 5.26. The van der Waals surface area contributed by atoms with Crippen LogP contribution in [0.25, 0.3) is 11.0 Å². The standard InChI is InChI=1S/C20H19BrN6O3.C4H9NO/c1-3-27-10-13(19-17(27)6-14(21)16(11-28)25-19)20(29)26-18-7-15(23-4-5-30-2)12(8-22)9-24-18;1-3-6-4-2-5-1/h6-7,9-11H,3-5H2,1-2H3,(H2,23,24,26,29);5H,1-4H2. The lowest BCUT2D eigenvalue weighted by atomic mass is 10.2. The number of aryl methyl sites for hydroxylation is 1. The molecule has 12 heteroatoms. The second kappa shape index (κ2) is 13.6. The molecule has 1 fully saturated rings. The normalized spacial score (nSPS) is 12.8. The number of halogens is 1. The van der Waals surface area contributed by atoms with Gasteiger partial charge in [-0.3, -0.25) is 9.59 Å². The van der Waals surface area contributed by atoms with Crippen LogP contribution in [0.5, 0.6) is 0 Å². The summed E-state index contributed by atoms with van der Waals surface area (Å²) in [4.78, 5) is 32.7. The van der Waals surface area contributed by atoms with E-state index in [0.29, 0.717) is 52.8 Å². The molecule has 0 aromatic carbocycles. The van der Waals surface area contributed by atoms with Gasteiger partial charge in [-0.25, -0.2) is 9.97 Å². The van der Waals surface area contributed by atoms with Crippen LogP contribution in [-0.4, -0.2) is 73.3 Å². The topological polar surface area (TPSA) is 143 Å². The predicted octanol–water partition coefficient (Wildman–Crippen LogP) is 2.81. The number of carbonyl (C=O) groups is 2. The number of nitrogens with one attached hydrogen (secondary N) is 3. The third-order valence-corrected chi connectivity index (χ3v) is 5.90. The van der Waals surface area contributed by atoms with Crippen molar-refractivity contribution < 1.29 is 19.1 Å². The van der Waals surface area contributed by atoms with Crippen LogP contribution in [0.15, 0.2) is 29.0 Å². The number of nitriles is 1. The first-order valence-electron chi connectivity index (χ1n) is 11.4. The number of aldehydes is 1. The number of morpholine rings is 1. The van der Waals surface area contributed by atoms with E-state index in [-0.39, 0.29) is 11.5 Å². The summed E-state index contributed by atoms with van der Waals surface area (Å²) in [6.07, 6.45) is 3.71. The molecule has 0 aliphatic carbocycles. The number of ether oxygens (including phenoxy) is 2. The van der Waals surface area contributed by atoms with Gasteiger partial charge in [0, 0.05) is 56.2 Å². The van der Waals surface area contributed by atoms with E-state index in [9.17, 15) is 14.9 Å². The Morgan fingerprint density at radius 3 is 2.75 bits per heavy atom. The zero-order valence-electron chi connectivity index (χ0n) is 20.1. The van der Waals surface area contributed by atoms with Crippen molar-refractivity contribution in [3.63, 3.8) is 0 Å². The number of amides is 1. The minimum atomic E-state index is -0.418. The van der Waals surface area contributed by atoms with Crippen molar-refractivity contribution in [2.45, 2.75) is 13.5 Å². The fraction of sp³-hybridized carbons (Fsp3) is 0.375. The molecular weight excluding hydrogens is 530 g/mol. The molecule has 1 saturated heterocycles. The number of nitrogens with zero attached hydrogens (tertiary/aromatic N) is 4. The predicted molar refractivity (Wildman–Crippen MR) is 139 cm³/mol. The molecule has 0 unspecified atom stereocenters. The van der Waals surface area contributed by atoms with Crippen LogP contribution in [0.2, 0.25) is 0 Å². The molecule has 36 heavy (non-hydrogen) atoms. The molecule has 3 aromatic heterocycles. The molecule has 190 valence electrons. The minimum absolute atomic E-state index is 0.214. The van der Waals surface area contributed by atoms with Crippen LogP contribution in [0.4, 0.5) is 11.5 Å². The second-order valence-electron chi connectivity index (χ2n) is 7.63. The number of methoxy groups -OCH3 is 1. The number of aromatic nitrogens is 3. The van der Waals surface area contributed by atoms with Crippen molar-refractivity contribution in [1.82, 2.24) is 19.9 Å². The van der Waals surface area contributed by atoms with Gasteiger partial charge in [0.2, 0.25) is 0 Å². The quantitative estimate of drug-likeness (QED) is 0.281. The highest BCUT2D eigenvalue weighted by Crippen LogP contribution is 2.26. The molecule has 0 bridgehead atoms. The first-order valence-corrected chi connectivity index (χ1v) is 12.2. The zero-order chi connectivity index (χ0) is 25.9. The van der Waals surface area contributed by atoms with E-state index in [1.807, 2.05) is 11.5 Å². The minimum Gasteiger partial charge on any atom is -0.383 e. The van der Waals surface area contributed by atoms with E-state index < -0.39 is 5.91 Å². The molecule has 1 aliphatic heterocycles. The van der Waals surface area contributed by atoms with Crippen LogP contribution < -0.4 is 16.0 Å². The van der Waals surface area contributed by atoms with Gasteiger partial charge in [-0.15, -0.1) is 0 Å². The highest BCUT2D eigenvalue weighted by Gasteiger charge is 2.19. The Morgan fingerprint density at radius 2 is 2.17 bits per heavy atom. The summed E-state index contributed by atoms with van der Waals surface area (Å²) < 4.78 is 12.4. The molecule has 0 spiro atoms. The molecule has 3 N–H and O–H groups in total. The lowest BCUT2D eigenvalue weighted by molar-refractivity contribution is 0.102. The third kappa shape index (κ3) is 6.86. The van der Waals surface area contributed by atoms with Gasteiger partial charge < -0.3 is 30.0 Å². The summed E-state index contributed by atoms with van der Waals surface area (Å²) >= 11 is 3.33. The molecule has 0 atom stereocenters. The number of hydrogen-bond donors (Lipinski definition) is 3. The van der Waals surface area contributed by atoms with Crippen molar-refractivity contribution in [2.24, 2.45) is 0 Å². The summed E-state index contributed by atoms with van der Waals surface area (Å²) in [6.45, 7) is 7.37. The van der Waals surface area contributed by atoms with Gasteiger partial charge in [-0.1, -0.05) is 0 Å². The molecule has 0 saturated carbocycles. The van der Waals surface area contributed by atoms with Crippen LogP contribution in [0.1, 0.15) is 33.3 Å². The van der Waals surface area contributed by atoms with Crippen molar-refractivity contribution >= 4 is 50.7 Å². The Morgan fingerprint density at radius 1 is 1.39 bits per heavy atom. The number of hydrogen-bond acceptors (Lipinski definition) is 9. The largest absolute Gasteiger partial charge is 0.383 e. The first-order chi connectivity index (χ1) is 17.5. The van der Waals surface area contributed by atoms with E-state index >= 15 is 0 Å². The molecule has 1 amide bonds. The van der Waals surface area contributed by atoms with Crippen molar-refractivity contribution in [3.05, 3.63) is 45.8 Å². The molecule has 1 aliphatic rings. The summed E-state index contributed by atoms with van der Waals surface area (Å²) in [7, 11) is 1.58. The Labute approximate surface area is 217 Å². The molecule has 4 heterocycles. The Balaban J connectivity index is 0.000000526. The van der Waals surface area contributed by atoms with E-state index in [1.165, 1.54) is 6.20 Å². The summed E-state index contributed by atoms with van der Waals surface area (Å²) in [5.74, 6) is -0.136. The fourth-order valence-electron chi connectivity index (χ4n) is 3.45. The average Bonchev–Trinajstić information content (AvgIpc) is 3.27. The lowest BCUT2D eigenvalue weighted by Gasteiger charge is -2.10. The molecule has 11 nitrogen and oxygen atoms in total. The number of carbonyl (C=O) groups excluding carboxylic acids is 2. The Hall–Kier alpha value is -3.37. The van der Waals surface area contributed by atoms with Gasteiger partial charge in [0.25, 0.3) is 5.91 Å². The smallest absolute Gasteiger partial charge is 0.260 e.